The maximum atomic E-state index is 13.3. The second-order valence-electron chi connectivity index (χ2n) is 5.64. The summed E-state index contributed by atoms with van der Waals surface area (Å²) in [6.45, 7) is 5.95. The van der Waals surface area contributed by atoms with Crippen molar-refractivity contribution < 1.29 is 9.50 Å². The van der Waals surface area contributed by atoms with Gasteiger partial charge in [0.25, 0.3) is 0 Å². The van der Waals surface area contributed by atoms with Gasteiger partial charge in [-0.2, -0.15) is 0 Å². The third-order valence-electron chi connectivity index (χ3n) is 3.87. The van der Waals surface area contributed by atoms with E-state index in [1.165, 1.54) is 12.1 Å². The number of hydrogen-bond donors (Lipinski definition) is 1. The van der Waals surface area contributed by atoms with Crippen LogP contribution in [0.5, 0.6) is 0 Å². The normalized spacial score (nSPS) is 24.3. The minimum absolute atomic E-state index is 0.0119. The molecule has 0 aromatic heterocycles. The Balaban J connectivity index is 2.29. The Labute approximate surface area is 108 Å². The fraction of sp³-hybridized carbons (Fsp3) is 0.571. The number of rotatable bonds is 2. The van der Waals surface area contributed by atoms with Crippen molar-refractivity contribution >= 4 is 5.69 Å². The Morgan fingerprint density at radius 1 is 1.44 bits per heavy atom. The lowest BCUT2D eigenvalue weighted by molar-refractivity contribution is 0.0932. The van der Waals surface area contributed by atoms with Gasteiger partial charge in [-0.1, -0.05) is 6.07 Å². The molecular weight excluding hydrogens is 231 g/mol. The summed E-state index contributed by atoms with van der Waals surface area (Å²) in [6, 6.07) is 6.60. The summed E-state index contributed by atoms with van der Waals surface area (Å²) >= 11 is 0. The van der Waals surface area contributed by atoms with Crippen LogP contribution in [0.15, 0.2) is 24.3 Å². The lowest BCUT2D eigenvalue weighted by Gasteiger charge is -2.50. The first-order valence-electron chi connectivity index (χ1n) is 6.28. The molecule has 1 saturated heterocycles. The van der Waals surface area contributed by atoms with Gasteiger partial charge in [0.05, 0.1) is 12.6 Å². The first-order chi connectivity index (χ1) is 8.44. The second kappa shape index (κ2) is 4.86. The molecule has 0 bridgehead atoms. The van der Waals surface area contributed by atoms with Crippen LogP contribution in [0.3, 0.4) is 0 Å². The molecule has 0 radical (unpaired) electrons. The summed E-state index contributed by atoms with van der Waals surface area (Å²) in [5, 5.41) is 9.52. The summed E-state index contributed by atoms with van der Waals surface area (Å²) < 4.78 is 13.3. The Morgan fingerprint density at radius 2 is 2.17 bits per heavy atom. The highest BCUT2D eigenvalue weighted by atomic mass is 19.1. The van der Waals surface area contributed by atoms with Gasteiger partial charge >= 0.3 is 0 Å². The van der Waals surface area contributed by atoms with Crippen molar-refractivity contribution in [3.8, 4) is 0 Å². The molecule has 1 aliphatic rings. The van der Waals surface area contributed by atoms with E-state index in [1.807, 2.05) is 6.07 Å². The van der Waals surface area contributed by atoms with Gasteiger partial charge in [0, 0.05) is 24.3 Å². The van der Waals surface area contributed by atoms with Crippen LogP contribution in [0.1, 0.15) is 13.8 Å². The van der Waals surface area contributed by atoms with Crippen LogP contribution >= 0.6 is 0 Å². The monoisotopic (exact) mass is 252 g/mol. The molecule has 1 aromatic rings. The number of halogens is 1. The van der Waals surface area contributed by atoms with Gasteiger partial charge in [0.1, 0.15) is 5.82 Å². The highest BCUT2D eigenvalue weighted by molar-refractivity contribution is 5.49. The number of anilines is 1. The Bertz CT molecular complexity index is 422. The predicted molar refractivity (Wildman–Crippen MR) is 71.3 cm³/mol. The third kappa shape index (κ3) is 2.49. The molecule has 1 fully saturated rings. The quantitative estimate of drug-likeness (QED) is 0.868. The molecule has 1 unspecified atom stereocenters. The van der Waals surface area contributed by atoms with Crippen LogP contribution in [-0.4, -0.2) is 48.3 Å². The van der Waals surface area contributed by atoms with Gasteiger partial charge in [0.2, 0.25) is 0 Å². The molecule has 3 nitrogen and oxygen atoms in total. The summed E-state index contributed by atoms with van der Waals surface area (Å²) in [7, 11) is 2.06. The number of nitrogens with zero attached hydrogens (tertiary/aromatic N) is 2. The fourth-order valence-electron chi connectivity index (χ4n) is 2.44. The van der Waals surface area contributed by atoms with E-state index in [9.17, 15) is 9.50 Å². The number of likely N-dealkylation sites (N-methyl/N-ethyl adjacent to an activating group) is 1. The highest BCUT2D eigenvalue weighted by Gasteiger charge is 2.36. The first kappa shape index (κ1) is 13.3. The van der Waals surface area contributed by atoms with Crippen molar-refractivity contribution in [3.63, 3.8) is 0 Å². The SMILES string of the molecule is CN1CC(CO)N(c2cccc(F)c2)CC1(C)C. The number of piperazine rings is 1. The van der Waals surface area contributed by atoms with Gasteiger partial charge in [-0.25, -0.2) is 4.39 Å². The van der Waals surface area contributed by atoms with Crippen molar-refractivity contribution in [1.82, 2.24) is 4.90 Å². The van der Waals surface area contributed by atoms with Crippen molar-refractivity contribution in [2.45, 2.75) is 25.4 Å². The van der Waals surface area contributed by atoms with E-state index in [0.717, 1.165) is 18.8 Å². The molecule has 4 heteroatoms. The third-order valence-corrected chi connectivity index (χ3v) is 3.87. The second-order valence-corrected chi connectivity index (χ2v) is 5.64. The molecule has 1 atom stereocenters. The van der Waals surface area contributed by atoms with Gasteiger partial charge < -0.3 is 10.0 Å². The average Bonchev–Trinajstić information content (AvgIpc) is 2.32. The zero-order valence-corrected chi connectivity index (χ0v) is 11.2. The van der Waals surface area contributed by atoms with Gasteiger partial charge in [-0.3, -0.25) is 4.90 Å². The molecule has 1 aromatic carbocycles. The molecule has 18 heavy (non-hydrogen) atoms. The standard InChI is InChI=1S/C14H21FN2O/c1-14(2)10-17(13(9-18)8-16(14)3)12-6-4-5-11(15)7-12/h4-7,13,18H,8-10H2,1-3H3. The molecular formula is C14H21FN2O. The molecule has 1 N–H and O–H groups in total. The van der Waals surface area contributed by atoms with Crippen LogP contribution in [0, 0.1) is 5.82 Å². The number of aliphatic hydroxyl groups is 1. The lowest BCUT2D eigenvalue weighted by Crippen LogP contribution is -2.63. The number of hydrogen-bond acceptors (Lipinski definition) is 3. The van der Waals surface area contributed by atoms with Crippen LogP contribution in [0.25, 0.3) is 0 Å². The number of aliphatic hydroxyl groups excluding tert-OH is 1. The van der Waals surface area contributed by atoms with E-state index < -0.39 is 0 Å². The van der Waals surface area contributed by atoms with E-state index in [1.54, 1.807) is 6.07 Å². The first-order valence-corrected chi connectivity index (χ1v) is 6.28. The molecule has 1 aliphatic heterocycles. The van der Waals surface area contributed by atoms with Crippen LogP contribution < -0.4 is 4.90 Å². The topological polar surface area (TPSA) is 26.7 Å². The maximum absolute atomic E-state index is 13.3. The Morgan fingerprint density at radius 3 is 2.78 bits per heavy atom. The average molecular weight is 252 g/mol. The molecule has 0 saturated carbocycles. The van der Waals surface area contributed by atoms with E-state index in [0.29, 0.717) is 0 Å². The fourth-order valence-corrected chi connectivity index (χ4v) is 2.44. The zero-order chi connectivity index (χ0) is 13.3. The molecule has 0 aliphatic carbocycles. The summed E-state index contributed by atoms with van der Waals surface area (Å²) in [5.74, 6) is -0.235. The minimum Gasteiger partial charge on any atom is -0.394 e. The molecule has 1 heterocycles. The largest absolute Gasteiger partial charge is 0.394 e. The lowest BCUT2D eigenvalue weighted by atomic mass is 9.96. The van der Waals surface area contributed by atoms with Crippen LogP contribution in [0.2, 0.25) is 0 Å². The Hall–Kier alpha value is -1.13. The highest BCUT2D eigenvalue weighted by Crippen LogP contribution is 2.28. The molecule has 2 rings (SSSR count). The van der Waals surface area contributed by atoms with Crippen molar-refractivity contribution in [3.05, 3.63) is 30.1 Å². The van der Waals surface area contributed by atoms with E-state index in [4.69, 9.17) is 0 Å². The van der Waals surface area contributed by atoms with Crippen molar-refractivity contribution in [1.29, 1.82) is 0 Å². The van der Waals surface area contributed by atoms with Crippen molar-refractivity contribution in [2.75, 3.05) is 31.6 Å². The van der Waals surface area contributed by atoms with Gasteiger partial charge in [-0.15, -0.1) is 0 Å². The minimum atomic E-state index is -0.235. The maximum Gasteiger partial charge on any atom is 0.125 e. The molecule has 100 valence electrons. The van der Waals surface area contributed by atoms with Crippen LogP contribution in [-0.2, 0) is 0 Å². The summed E-state index contributed by atoms with van der Waals surface area (Å²) in [4.78, 5) is 4.34. The smallest absolute Gasteiger partial charge is 0.125 e. The van der Waals surface area contributed by atoms with Gasteiger partial charge in [0.15, 0.2) is 0 Å². The summed E-state index contributed by atoms with van der Waals surface area (Å²) in [5.41, 5.74) is 0.855. The zero-order valence-electron chi connectivity index (χ0n) is 11.2. The number of benzene rings is 1. The van der Waals surface area contributed by atoms with E-state index in [-0.39, 0.29) is 24.0 Å². The molecule has 0 spiro atoms. The van der Waals surface area contributed by atoms with Crippen LogP contribution in [0.4, 0.5) is 10.1 Å². The Kier molecular flexibility index (Phi) is 3.59. The van der Waals surface area contributed by atoms with E-state index >= 15 is 0 Å². The molecule has 0 amide bonds. The van der Waals surface area contributed by atoms with E-state index in [2.05, 4.69) is 30.7 Å². The summed E-state index contributed by atoms with van der Waals surface area (Å²) in [6.07, 6.45) is 0. The van der Waals surface area contributed by atoms with Crippen molar-refractivity contribution in [2.24, 2.45) is 0 Å². The predicted octanol–water partition coefficient (Wildman–Crippen LogP) is 1.72. The van der Waals surface area contributed by atoms with Gasteiger partial charge in [-0.05, 0) is 39.1 Å².